The van der Waals surface area contributed by atoms with Gasteiger partial charge in [-0.3, -0.25) is 9.59 Å². The highest BCUT2D eigenvalue weighted by molar-refractivity contribution is 6.06. The normalized spacial score (nSPS) is 10.5. The quantitative estimate of drug-likeness (QED) is 0.381. The molecule has 0 fully saturated rings. The number of methoxy groups -OCH3 is 1. The van der Waals surface area contributed by atoms with Crippen LogP contribution in [0.25, 0.3) is 0 Å². The minimum atomic E-state index is -0.886. The minimum Gasteiger partial charge on any atom is -0.497 e. The second kappa shape index (κ2) is 9.02. The molecule has 0 aromatic heterocycles. The SMILES string of the molecule is COc1ccc(NC(=O)/C(C#N)=C\NCCCC(=O)O)cc1. The summed E-state index contributed by atoms with van der Waals surface area (Å²) < 4.78 is 5.01. The van der Waals surface area contributed by atoms with E-state index in [9.17, 15) is 9.59 Å². The van der Waals surface area contributed by atoms with E-state index in [0.717, 1.165) is 0 Å². The Morgan fingerprint density at radius 1 is 1.36 bits per heavy atom. The second-order valence-electron chi connectivity index (χ2n) is 4.30. The third-order valence-corrected chi connectivity index (χ3v) is 2.67. The number of carboxylic acid groups (broad SMARTS) is 1. The van der Waals surface area contributed by atoms with Crippen molar-refractivity contribution in [3.8, 4) is 11.8 Å². The van der Waals surface area contributed by atoms with Crippen LogP contribution < -0.4 is 15.4 Å². The van der Waals surface area contributed by atoms with E-state index in [1.165, 1.54) is 6.20 Å². The lowest BCUT2D eigenvalue weighted by Gasteiger charge is -2.06. The first kappa shape index (κ1) is 17.0. The number of rotatable bonds is 8. The number of nitrogens with one attached hydrogen (secondary N) is 2. The number of benzene rings is 1. The van der Waals surface area contributed by atoms with E-state index in [1.807, 2.05) is 0 Å². The van der Waals surface area contributed by atoms with Crippen LogP contribution in [0.2, 0.25) is 0 Å². The fraction of sp³-hybridized carbons (Fsp3) is 0.267. The summed E-state index contributed by atoms with van der Waals surface area (Å²) in [5.41, 5.74) is 0.448. The number of carbonyl (C=O) groups excluding carboxylic acids is 1. The molecular formula is C15H17N3O4. The Kier molecular flexibility index (Phi) is 6.99. The third kappa shape index (κ3) is 5.96. The fourth-order valence-corrected chi connectivity index (χ4v) is 1.54. The van der Waals surface area contributed by atoms with Gasteiger partial charge in [0.1, 0.15) is 17.4 Å². The molecule has 1 amide bonds. The lowest BCUT2D eigenvalue weighted by molar-refractivity contribution is -0.137. The minimum absolute atomic E-state index is 0.0285. The molecule has 7 heteroatoms. The Labute approximate surface area is 128 Å². The van der Waals surface area contributed by atoms with Gasteiger partial charge in [-0.05, 0) is 30.7 Å². The van der Waals surface area contributed by atoms with Crippen LogP contribution in [0.3, 0.4) is 0 Å². The molecule has 0 bridgehead atoms. The molecule has 1 rings (SSSR count). The van der Waals surface area contributed by atoms with Gasteiger partial charge in [-0.1, -0.05) is 0 Å². The highest BCUT2D eigenvalue weighted by Gasteiger charge is 2.09. The lowest BCUT2D eigenvalue weighted by Crippen LogP contribution is -2.17. The van der Waals surface area contributed by atoms with E-state index in [4.69, 9.17) is 15.1 Å². The first-order chi connectivity index (χ1) is 10.6. The average Bonchev–Trinajstić information content (AvgIpc) is 2.51. The fourth-order valence-electron chi connectivity index (χ4n) is 1.54. The number of amides is 1. The Morgan fingerprint density at radius 2 is 2.05 bits per heavy atom. The molecule has 0 aliphatic carbocycles. The van der Waals surface area contributed by atoms with Crippen molar-refractivity contribution in [3.63, 3.8) is 0 Å². The van der Waals surface area contributed by atoms with Crippen LogP contribution in [-0.2, 0) is 9.59 Å². The highest BCUT2D eigenvalue weighted by Crippen LogP contribution is 2.15. The molecule has 0 saturated carbocycles. The van der Waals surface area contributed by atoms with E-state index in [0.29, 0.717) is 24.4 Å². The Hall–Kier alpha value is -3.01. The predicted molar refractivity (Wildman–Crippen MR) is 80.2 cm³/mol. The van der Waals surface area contributed by atoms with Gasteiger partial charge in [-0.15, -0.1) is 0 Å². The van der Waals surface area contributed by atoms with Crippen LogP contribution in [0.5, 0.6) is 5.75 Å². The summed E-state index contributed by atoms with van der Waals surface area (Å²) >= 11 is 0. The second-order valence-corrected chi connectivity index (χ2v) is 4.30. The number of nitrogens with zero attached hydrogens (tertiary/aromatic N) is 1. The van der Waals surface area contributed by atoms with Crippen molar-refractivity contribution >= 4 is 17.6 Å². The summed E-state index contributed by atoms with van der Waals surface area (Å²) in [7, 11) is 1.54. The predicted octanol–water partition coefficient (Wildman–Crippen LogP) is 1.50. The van der Waals surface area contributed by atoms with Crippen LogP contribution in [0.15, 0.2) is 36.0 Å². The van der Waals surface area contributed by atoms with Gasteiger partial charge in [-0.2, -0.15) is 5.26 Å². The zero-order chi connectivity index (χ0) is 16.4. The van der Waals surface area contributed by atoms with Gasteiger partial charge >= 0.3 is 5.97 Å². The van der Waals surface area contributed by atoms with Gasteiger partial charge in [0.25, 0.3) is 5.91 Å². The number of hydrogen-bond acceptors (Lipinski definition) is 5. The largest absolute Gasteiger partial charge is 0.497 e. The van der Waals surface area contributed by atoms with Crippen molar-refractivity contribution in [2.24, 2.45) is 0 Å². The average molecular weight is 303 g/mol. The van der Waals surface area contributed by atoms with Crippen molar-refractivity contribution in [2.45, 2.75) is 12.8 Å². The highest BCUT2D eigenvalue weighted by atomic mass is 16.5. The van der Waals surface area contributed by atoms with Crippen LogP contribution in [0.1, 0.15) is 12.8 Å². The van der Waals surface area contributed by atoms with Crippen molar-refractivity contribution in [1.29, 1.82) is 5.26 Å². The van der Waals surface area contributed by atoms with Gasteiger partial charge in [0, 0.05) is 24.9 Å². The molecule has 3 N–H and O–H groups in total. The standard InChI is InChI=1S/C15H17N3O4/c1-22-13-6-4-12(5-7-13)18-15(21)11(9-16)10-17-8-2-3-14(19)20/h4-7,10,17H,2-3,8H2,1H3,(H,18,21)(H,19,20)/b11-10-. The Morgan fingerprint density at radius 3 is 2.59 bits per heavy atom. The van der Waals surface area contributed by atoms with Crippen LogP contribution in [0, 0.1) is 11.3 Å². The van der Waals surface area contributed by atoms with E-state index in [-0.39, 0.29) is 12.0 Å². The number of carbonyl (C=O) groups is 2. The Bertz CT molecular complexity index is 588. The summed E-state index contributed by atoms with van der Waals surface area (Å²) in [5.74, 6) is -0.768. The number of carboxylic acids is 1. The summed E-state index contributed by atoms with van der Waals surface area (Å²) in [6, 6.07) is 8.49. The van der Waals surface area contributed by atoms with Gasteiger partial charge in [0.15, 0.2) is 0 Å². The molecule has 0 saturated heterocycles. The topological polar surface area (TPSA) is 111 Å². The van der Waals surface area contributed by atoms with E-state index >= 15 is 0 Å². The molecule has 1 aromatic carbocycles. The molecule has 0 atom stereocenters. The third-order valence-electron chi connectivity index (χ3n) is 2.67. The van der Waals surface area contributed by atoms with E-state index in [2.05, 4.69) is 10.6 Å². The maximum atomic E-state index is 11.9. The van der Waals surface area contributed by atoms with Crippen molar-refractivity contribution in [1.82, 2.24) is 5.32 Å². The maximum Gasteiger partial charge on any atom is 0.303 e. The number of nitriles is 1. The molecule has 0 unspecified atom stereocenters. The maximum absolute atomic E-state index is 11.9. The summed E-state index contributed by atoms with van der Waals surface area (Å²) in [6.45, 7) is 0.368. The van der Waals surface area contributed by atoms with Crippen LogP contribution in [-0.4, -0.2) is 30.6 Å². The van der Waals surface area contributed by atoms with Gasteiger partial charge in [-0.25, -0.2) is 0 Å². The monoisotopic (exact) mass is 303 g/mol. The summed E-state index contributed by atoms with van der Waals surface area (Å²) in [6.07, 6.45) is 1.71. The summed E-state index contributed by atoms with van der Waals surface area (Å²) in [5, 5.41) is 22.8. The number of ether oxygens (including phenoxy) is 1. The molecule has 0 radical (unpaired) electrons. The van der Waals surface area contributed by atoms with Gasteiger partial charge in [0.2, 0.25) is 0 Å². The van der Waals surface area contributed by atoms with Crippen molar-refractivity contribution in [3.05, 3.63) is 36.0 Å². The van der Waals surface area contributed by atoms with E-state index in [1.54, 1.807) is 37.4 Å². The molecule has 7 nitrogen and oxygen atoms in total. The summed E-state index contributed by atoms with van der Waals surface area (Å²) in [4.78, 5) is 22.2. The number of aliphatic carboxylic acids is 1. The first-order valence-corrected chi connectivity index (χ1v) is 6.57. The van der Waals surface area contributed by atoms with Gasteiger partial charge in [0.05, 0.1) is 7.11 Å². The van der Waals surface area contributed by atoms with Crippen molar-refractivity contribution in [2.75, 3.05) is 19.0 Å². The van der Waals surface area contributed by atoms with Gasteiger partial charge < -0.3 is 20.5 Å². The van der Waals surface area contributed by atoms with Crippen LogP contribution >= 0.6 is 0 Å². The zero-order valence-corrected chi connectivity index (χ0v) is 12.1. The van der Waals surface area contributed by atoms with Crippen LogP contribution in [0.4, 0.5) is 5.69 Å². The molecule has 0 aliphatic rings. The Balaban J connectivity index is 2.52. The smallest absolute Gasteiger partial charge is 0.303 e. The first-order valence-electron chi connectivity index (χ1n) is 6.57. The molecule has 22 heavy (non-hydrogen) atoms. The molecule has 0 aliphatic heterocycles. The lowest BCUT2D eigenvalue weighted by atomic mass is 10.2. The van der Waals surface area contributed by atoms with Crippen molar-refractivity contribution < 1.29 is 19.4 Å². The van der Waals surface area contributed by atoms with E-state index < -0.39 is 11.9 Å². The zero-order valence-electron chi connectivity index (χ0n) is 12.1. The number of hydrogen-bond donors (Lipinski definition) is 3. The molecule has 1 aromatic rings. The molecule has 116 valence electrons. The number of anilines is 1. The molecule has 0 spiro atoms. The molecular weight excluding hydrogens is 286 g/mol. The molecule has 0 heterocycles.